The summed E-state index contributed by atoms with van der Waals surface area (Å²) in [4.78, 5) is 14.9. The molecule has 114 valence electrons. The average molecular weight is 278 g/mol. The highest BCUT2D eigenvalue weighted by Gasteiger charge is 2.47. The van der Waals surface area contributed by atoms with E-state index < -0.39 is 0 Å². The van der Waals surface area contributed by atoms with Crippen molar-refractivity contribution in [1.29, 1.82) is 0 Å². The summed E-state index contributed by atoms with van der Waals surface area (Å²) in [5.41, 5.74) is 0. The van der Waals surface area contributed by atoms with E-state index in [0.717, 1.165) is 24.2 Å². The number of carbonyl (C=O) groups excluding carboxylic acids is 1. The molecular weight excluding hydrogens is 248 g/mol. The Morgan fingerprint density at radius 1 is 1.25 bits per heavy atom. The summed E-state index contributed by atoms with van der Waals surface area (Å²) in [6.07, 6.45) is 6.79. The van der Waals surface area contributed by atoms with Gasteiger partial charge in [-0.2, -0.15) is 0 Å². The summed E-state index contributed by atoms with van der Waals surface area (Å²) in [6, 6.07) is 0.462. The van der Waals surface area contributed by atoms with Crippen molar-refractivity contribution >= 4 is 5.91 Å². The first-order valence-electron chi connectivity index (χ1n) is 8.55. The van der Waals surface area contributed by atoms with E-state index in [0.29, 0.717) is 17.9 Å². The van der Waals surface area contributed by atoms with E-state index in [1.165, 1.54) is 25.7 Å². The molecule has 3 rings (SSSR count). The SMILES string of the molecule is CC(C)CC1NC(C)N(C(C)C2CC3CCC2C3)C1=O. The molecule has 0 aromatic rings. The number of rotatable bonds is 4. The van der Waals surface area contributed by atoms with Gasteiger partial charge in [-0.25, -0.2) is 0 Å². The minimum Gasteiger partial charge on any atom is -0.323 e. The van der Waals surface area contributed by atoms with E-state index in [9.17, 15) is 4.79 Å². The highest BCUT2D eigenvalue weighted by atomic mass is 16.2. The van der Waals surface area contributed by atoms with Crippen molar-refractivity contribution in [3.05, 3.63) is 0 Å². The lowest BCUT2D eigenvalue weighted by Crippen LogP contribution is -2.46. The van der Waals surface area contributed by atoms with Gasteiger partial charge in [0.25, 0.3) is 0 Å². The maximum atomic E-state index is 12.7. The molecule has 3 nitrogen and oxygen atoms in total. The highest BCUT2D eigenvalue weighted by molar-refractivity contribution is 5.84. The van der Waals surface area contributed by atoms with E-state index >= 15 is 0 Å². The first-order valence-corrected chi connectivity index (χ1v) is 8.55. The Labute approximate surface area is 123 Å². The van der Waals surface area contributed by atoms with Gasteiger partial charge in [0.05, 0.1) is 12.2 Å². The fourth-order valence-electron chi connectivity index (χ4n) is 5.10. The summed E-state index contributed by atoms with van der Waals surface area (Å²) in [5.74, 6) is 3.52. The molecule has 0 aromatic heterocycles. The maximum absolute atomic E-state index is 12.7. The van der Waals surface area contributed by atoms with Crippen molar-refractivity contribution in [2.75, 3.05) is 0 Å². The van der Waals surface area contributed by atoms with Crippen LogP contribution in [0.3, 0.4) is 0 Å². The molecule has 0 radical (unpaired) electrons. The lowest BCUT2D eigenvalue weighted by molar-refractivity contribution is -0.133. The van der Waals surface area contributed by atoms with Gasteiger partial charge in [-0.15, -0.1) is 0 Å². The third kappa shape index (κ3) is 2.38. The van der Waals surface area contributed by atoms with Crippen molar-refractivity contribution in [3.63, 3.8) is 0 Å². The monoisotopic (exact) mass is 278 g/mol. The second kappa shape index (κ2) is 5.32. The van der Waals surface area contributed by atoms with Crippen molar-refractivity contribution in [2.24, 2.45) is 23.7 Å². The Kier molecular flexibility index (Phi) is 3.83. The Morgan fingerprint density at radius 3 is 2.55 bits per heavy atom. The number of nitrogens with one attached hydrogen (secondary N) is 1. The van der Waals surface area contributed by atoms with Crippen LogP contribution in [0.1, 0.15) is 59.8 Å². The van der Waals surface area contributed by atoms with Crippen molar-refractivity contribution in [3.8, 4) is 0 Å². The molecule has 1 saturated heterocycles. The molecule has 6 unspecified atom stereocenters. The van der Waals surface area contributed by atoms with Crippen LogP contribution in [0.25, 0.3) is 0 Å². The van der Waals surface area contributed by atoms with E-state index in [2.05, 4.69) is 37.9 Å². The Bertz CT molecular complexity index is 381. The van der Waals surface area contributed by atoms with E-state index in [4.69, 9.17) is 0 Å². The van der Waals surface area contributed by atoms with Gasteiger partial charge in [0, 0.05) is 6.04 Å². The smallest absolute Gasteiger partial charge is 0.241 e. The molecule has 2 bridgehead atoms. The predicted molar refractivity (Wildman–Crippen MR) is 81.1 cm³/mol. The van der Waals surface area contributed by atoms with Gasteiger partial charge in [0.15, 0.2) is 0 Å². The molecule has 2 saturated carbocycles. The van der Waals surface area contributed by atoms with Crippen molar-refractivity contribution in [1.82, 2.24) is 10.2 Å². The molecule has 3 aliphatic rings. The summed E-state index contributed by atoms with van der Waals surface area (Å²) in [5, 5.41) is 3.51. The number of amides is 1. The predicted octanol–water partition coefficient (Wildman–Crippen LogP) is 3.00. The lowest BCUT2D eigenvalue weighted by atomic mass is 9.83. The fraction of sp³-hybridized carbons (Fsp3) is 0.941. The zero-order valence-electron chi connectivity index (χ0n) is 13.4. The zero-order chi connectivity index (χ0) is 14.4. The second-order valence-corrected chi connectivity index (χ2v) is 7.85. The van der Waals surface area contributed by atoms with Crippen LogP contribution in [-0.4, -0.2) is 29.1 Å². The van der Waals surface area contributed by atoms with Crippen molar-refractivity contribution in [2.45, 2.75) is 78.0 Å². The highest BCUT2D eigenvalue weighted by Crippen LogP contribution is 2.50. The average Bonchev–Trinajstić information content (AvgIpc) is 3.04. The van der Waals surface area contributed by atoms with Crippen LogP contribution in [0, 0.1) is 23.7 Å². The molecule has 1 amide bonds. The van der Waals surface area contributed by atoms with Gasteiger partial charge in [-0.1, -0.05) is 20.3 Å². The van der Waals surface area contributed by atoms with Crippen LogP contribution < -0.4 is 5.32 Å². The Balaban J connectivity index is 1.68. The van der Waals surface area contributed by atoms with Crippen molar-refractivity contribution < 1.29 is 4.79 Å². The van der Waals surface area contributed by atoms with Gasteiger partial charge in [0.1, 0.15) is 0 Å². The first-order chi connectivity index (χ1) is 9.47. The number of nitrogens with zero attached hydrogens (tertiary/aromatic N) is 1. The molecule has 2 aliphatic carbocycles. The molecule has 3 fully saturated rings. The molecule has 6 atom stereocenters. The topological polar surface area (TPSA) is 32.3 Å². The fourth-order valence-corrected chi connectivity index (χ4v) is 5.10. The van der Waals surface area contributed by atoms with Crippen LogP contribution in [0.4, 0.5) is 0 Å². The van der Waals surface area contributed by atoms with Crippen LogP contribution in [0.15, 0.2) is 0 Å². The van der Waals surface area contributed by atoms with Crippen LogP contribution >= 0.6 is 0 Å². The molecule has 1 heterocycles. The second-order valence-electron chi connectivity index (χ2n) is 7.85. The van der Waals surface area contributed by atoms with Gasteiger partial charge >= 0.3 is 0 Å². The normalized spacial score (nSPS) is 42.0. The molecule has 3 heteroatoms. The van der Waals surface area contributed by atoms with Gasteiger partial charge in [0.2, 0.25) is 5.91 Å². The van der Waals surface area contributed by atoms with Gasteiger partial charge in [-0.3, -0.25) is 10.1 Å². The van der Waals surface area contributed by atoms with Gasteiger partial charge < -0.3 is 4.90 Å². The first kappa shape index (κ1) is 14.4. The quantitative estimate of drug-likeness (QED) is 0.857. The maximum Gasteiger partial charge on any atom is 0.241 e. The number of hydrogen-bond acceptors (Lipinski definition) is 2. The molecule has 1 N–H and O–H groups in total. The summed E-state index contributed by atoms with van der Waals surface area (Å²) in [7, 11) is 0. The van der Waals surface area contributed by atoms with E-state index in [-0.39, 0.29) is 12.2 Å². The molecule has 0 spiro atoms. The summed E-state index contributed by atoms with van der Waals surface area (Å²) in [6.45, 7) is 8.84. The minimum absolute atomic E-state index is 0.0473. The standard InChI is InChI=1S/C17H30N2O/c1-10(2)7-16-17(20)19(12(4)18-16)11(3)15-9-13-5-6-14(15)8-13/h10-16,18H,5-9H2,1-4H3. The molecule has 0 aromatic carbocycles. The largest absolute Gasteiger partial charge is 0.323 e. The molecule has 20 heavy (non-hydrogen) atoms. The zero-order valence-corrected chi connectivity index (χ0v) is 13.4. The van der Waals surface area contributed by atoms with Crippen LogP contribution in [0.2, 0.25) is 0 Å². The molecular formula is C17H30N2O. The Hall–Kier alpha value is -0.570. The lowest BCUT2D eigenvalue weighted by Gasteiger charge is -2.36. The number of fused-ring (bicyclic) bond motifs is 2. The minimum atomic E-state index is 0.0473. The summed E-state index contributed by atoms with van der Waals surface area (Å²) >= 11 is 0. The van der Waals surface area contributed by atoms with E-state index in [1.807, 2.05) is 0 Å². The van der Waals surface area contributed by atoms with Gasteiger partial charge in [-0.05, 0) is 63.2 Å². The van der Waals surface area contributed by atoms with Crippen LogP contribution in [-0.2, 0) is 4.79 Å². The summed E-state index contributed by atoms with van der Waals surface area (Å²) < 4.78 is 0. The number of hydrogen-bond donors (Lipinski definition) is 1. The Morgan fingerprint density at radius 2 is 2.00 bits per heavy atom. The third-order valence-corrected chi connectivity index (χ3v) is 5.97. The molecule has 1 aliphatic heterocycles. The van der Waals surface area contributed by atoms with Crippen LogP contribution in [0.5, 0.6) is 0 Å². The van der Waals surface area contributed by atoms with E-state index in [1.54, 1.807) is 0 Å². The number of carbonyl (C=O) groups is 1. The third-order valence-electron chi connectivity index (χ3n) is 5.97.